The molecule has 1 aliphatic rings. The van der Waals surface area contributed by atoms with Crippen LogP contribution in [0.5, 0.6) is 0 Å². The summed E-state index contributed by atoms with van der Waals surface area (Å²) in [6.45, 7) is 1.81. The zero-order valence-corrected chi connectivity index (χ0v) is 14.8. The summed E-state index contributed by atoms with van der Waals surface area (Å²) in [7, 11) is 0. The first kappa shape index (κ1) is 18.3. The molecule has 3 aromatic rings. The Labute approximate surface area is 157 Å². The SMILES string of the molecule is O=c1cc(C(F)(F)F)ncn1CC1CCN(c2ncnc3ncccc23)CC1. The van der Waals surface area contributed by atoms with Crippen LogP contribution in [0, 0.1) is 5.92 Å². The van der Waals surface area contributed by atoms with E-state index in [-0.39, 0.29) is 5.92 Å². The van der Waals surface area contributed by atoms with Crippen LogP contribution in [0.1, 0.15) is 18.5 Å². The molecular weight excluding hydrogens is 373 g/mol. The lowest BCUT2D eigenvalue weighted by Gasteiger charge is -2.33. The molecule has 0 atom stereocenters. The van der Waals surface area contributed by atoms with Gasteiger partial charge < -0.3 is 4.90 Å². The maximum absolute atomic E-state index is 12.6. The molecule has 7 nitrogen and oxygen atoms in total. The lowest BCUT2D eigenvalue weighted by atomic mass is 9.96. The molecule has 4 rings (SSSR count). The molecule has 28 heavy (non-hydrogen) atoms. The van der Waals surface area contributed by atoms with Crippen molar-refractivity contribution in [3.05, 3.63) is 53.1 Å². The summed E-state index contributed by atoms with van der Waals surface area (Å²) in [6, 6.07) is 4.32. The molecule has 1 saturated heterocycles. The summed E-state index contributed by atoms with van der Waals surface area (Å²) in [6.07, 6.45) is 1.13. The highest BCUT2D eigenvalue weighted by Crippen LogP contribution is 2.28. The number of rotatable bonds is 3. The second-order valence-corrected chi connectivity index (χ2v) is 6.76. The number of nitrogens with zero attached hydrogens (tertiary/aromatic N) is 6. The number of aromatic nitrogens is 5. The van der Waals surface area contributed by atoms with E-state index in [1.165, 1.54) is 10.9 Å². The number of halogens is 3. The highest BCUT2D eigenvalue weighted by Gasteiger charge is 2.33. The van der Waals surface area contributed by atoms with Crippen molar-refractivity contribution in [1.29, 1.82) is 0 Å². The summed E-state index contributed by atoms with van der Waals surface area (Å²) < 4.78 is 39.2. The molecule has 0 spiro atoms. The Hall–Kier alpha value is -3.04. The third-order valence-corrected chi connectivity index (χ3v) is 4.93. The van der Waals surface area contributed by atoms with E-state index in [0.29, 0.717) is 18.3 Å². The number of fused-ring (bicyclic) bond motifs is 1. The standard InChI is InChI=1S/C18H17F3N6O/c19-18(20,21)14-8-15(28)27(11-25-14)9-12-3-6-26(7-4-12)17-13-2-1-5-22-16(13)23-10-24-17/h1-2,5,8,10-12H,3-4,6-7,9H2. The van der Waals surface area contributed by atoms with Crippen LogP contribution in [-0.4, -0.2) is 37.6 Å². The van der Waals surface area contributed by atoms with Gasteiger partial charge in [0.2, 0.25) is 0 Å². The van der Waals surface area contributed by atoms with Gasteiger partial charge in [0.25, 0.3) is 5.56 Å². The minimum absolute atomic E-state index is 0.179. The van der Waals surface area contributed by atoms with Gasteiger partial charge in [0.15, 0.2) is 11.3 Å². The minimum Gasteiger partial charge on any atom is -0.356 e. The van der Waals surface area contributed by atoms with E-state index in [0.717, 1.165) is 43.5 Å². The van der Waals surface area contributed by atoms with Crippen LogP contribution < -0.4 is 10.5 Å². The predicted molar refractivity (Wildman–Crippen MR) is 95.8 cm³/mol. The number of hydrogen-bond acceptors (Lipinski definition) is 6. The molecule has 0 unspecified atom stereocenters. The fourth-order valence-corrected chi connectivity index (χ4v) is 3.46. The summed E-state index contributed by atoms with van der Waals surface area (Å²) in [5, 5.41) is 0.881. The third kappa shape index (κ3) is 3.67. The second kappa shape index (κ2) is 7.17. The summed E-state index contributed by atoms with van der Waals surface area (Å²) >= 11 is 0. The highest BCUT2D eigenvalue weighted by atomic mass is 19.4. The number of alkyl halides is 3. The van der Waals surface area contributed by atoms with Gasteiger partial charge in [-0.15, -0.1) is 0 Å². The van der Waals surface area contributed by atoms with Crippen LogP contribution in [0.25, 0.3) is 11.0 Å². The summed E-state index contributed by atoms with van der Waals surface area (Å²) in [4.78, 5) is 30.3. The van der Waals surface area contributed by atoms with Crippen molar-refractivity contribution in [2.75, 3.05) is 18.0 Å². The van der Waals surface area contributed by atoms with Gasteiger partial charge in [0, 0.05) is 31.9 Å². The molecule has 10 heteroatoms. The lowest BCUT2D eigenvalue weighted by Crippen LogP contribution is -2.37. The van der Waals surface area contributed by atoms with Crippen LogP contribution in [0.3, 0.4) is 0 Å². The first-order valence-electron chi connectivity index (χ1n) is 8.86. The predicted octanol–water partition coefficient (Wildman–Crippen LogP) is 2.52. The van der Waals surface area contributed by atoms with Gasteiger partial charge in [-0.1, -0.05) is 0 Å². The monoisotopic (exact) mass is 390 g/mol. The van der Waals surface area contributed by atoms with Crippen molar-refractivity contribution >= 4 is 16.9 Å². The molecular formula is C18H17F3N6O. The molecule has 0 radical (unpaired) electrons. The topological polar surface area (TPSA) is 76.8 Å². The highest BCUT2D eigenvalue weighted by molar-refractivity contribution is 5.86. The maximum atomic E-state index is 12.6. The normalized spacial score (nSPS) is 15.9. The summed E-state index contributed by atoms with van der Waals surface area (Å²) in [5.74, 6) is 1.00. The van der Waals surface area contributed by atoms with Crippen molar-refractivity contribution in [3.8, 4) is 0 Å². The average Bonchev–Trinajstić information content (AvgIpc) is 2.69. The van der Waals surface area contributed by atoms with Crippen LogP contribution in [0.15, 0.2) is 41.8 Å². The molecule has 1 aliphatic heterocycles. The molecule has 0 amide bonds. The first-order chi connectivity index (χ1) is 13.4. The Kier molecular flexibility index (Phi) is 4.70. The molecule has 0 bridgehead atoms. The van der Waals surface area contributed by atoms with E-state index >= 15 is 0 Å². The molecule has 146 valence electrons. The quantitative estimate of drug-likeness (QED) is 0.684. The Bertz CT molecular complexity index is 1040. The van der Waals surface area contributed by atoms with E-state index in [4.69, 9.17) is 0 Å². The van der Waals surface area contributed by atoms with Crippen molar-refractivity contribution in [1.82, 2.24) is 24.5 Å². The zero-order chi connectivity index (χ0) is 19.7. The molecule has 0 N–H and O–H groups in total. The maximum Gasteiger partial charge on any atom is 0.433 e. The van der Waals surface area contributed by atoms with Crippen molar-refractivity contribution in [3.63, 3.8) is 0 Å². The van der Waals surface area contributed by atoms with Crippen molar-refractivity contribution in [2.45, 2.75) is 25.6 Å². The van der Waals surface area contributed by atoms with Crippen molar-refractivity contribution < 1.29 is 13.2 Å². The smallest absolute Gasteiger partial charge is 0.356 e. The molecule has 0 aliphatic carbocycles. The van der Waals surface area contributed by atoms with E-state index in [2.05, 4.69) is 24.8 Å². The van der Waals surface area contributed by atoms with Gasteiger partial charge in [-0.25, -0.2) is 19.9 Å². The second-order valence-electron chi connectivity index (χ2n) is 6.76. The van der Waals surface area contributed by atoms with Crippen LogP contribution in [-0.2, 0) is 12.7 Å². The molecule has 1 fully saturated rings. The fraction of sp³-hybridized carbons (Fsp3) is 0.389. The van der Waals surface area contributed by atoms with E-state index < -0.39 is 17.4 Å². The van der Waals surface area contributed by atoms with Crippen LogP contribution in [0.2, 0.25) is 0 Å². The van der Waals surface area contributed by atoms with E-state index in [1.807, 2.05) is 12.1 Å². The van der Waals surface area contributed by atoms with Gasteiger partial charge in [-0.05, 0) is 30.9 Å². The van der Waals surface area contributed by atoms with Gasteiger partial charge in [0.05, 0.1) is 11.7 Å². The number of anilines is 1. The first-order valence-corrected chi connectivity index (χ1v) is 8.86. The van der Waals surface area contributed by atoms with Crippen LogP contribution >= 0.6 is 0 Å². The molecule has 0 aromatic carbocycles. The van der Waals surface area contributed by atoms with Crippen molar-refractivity contribution in [2.24, 2.45) is 5.92 Å². The average molecular weight is 390 g/mol. The van der Waals surface area contributed by atoms with Gasteiger partial charge >= 0.3 is 6.18 Å². The molecule has 3 aromatic heterocycles. The van der Waals surface area contributed by atoms with E-state index in [1.54, 1.807) is 6.20 Å². The Morgan fingerprint density at radius 2 is 1.89 bits per heavy atom. The Morgan fingerprint density at radius 1 is 1.11 bits per heavy atom. The van der Waals surface area contributed by atoms with E-state index in [9.17, 15) is 18.0 Å². The largest absolute Gasteiger partial charge is 0.433 e. The number of hydrogen-bond donors (Lipinski definition) is 0. The molecule has 4 heterocycles. The third-order valence-electron chi connectivity index (χ3n) is 4.93. The summed E-state index contributed by atoms with van der Waals surface area (Å²) in [5.41, 5.74) is -1.21. The van der Waals surface area contributed by atoms with Gasteiger partial charge in [-0.2, -0.15) is 13.2 Å². The Morgan fingerprint density at radius 3 is 2.61 bits per heavy atom. The van der Waals surface area contributed by atoms with Gasteiger partial charge in [0.1, 0.15) is 12.1 Å². The fourth-order valence-electron chi connectivity index (χ4n) is 3.46. The number of piperidine rings is 1. The molecule has 0 saturated carbocycles. The number of pyridine rings is 1. The minimum atomic E-state index is -4.61. The van der Waals surface area contributed by atoms with Gasteiger partial charge in [-0.3, -0.25) is 9.36 Å². The Balaban J connectivity index is 1.44. The zero-order valence-electron chi connectivity index (χ0n) is 14.8. The van der Waals surface area contributed by atoms with Crippen LogP contribution in [0.4, 0.5) is 19.0 Å². The lowest BCUT2D eigenvalue weighted by molar-refractivity contribution is -0.141.